The lowest BCUT2D eigenvalue weighted by Crippen LogP contribution is -2.29. The van der Waals surface area contributed by atoms with E-state index < -0.39 is 14.9 Å². The summed E-state index contributed by atoms with van der Waals surface area (Å²) in [6.45, 7) is 4.75. The first-order chi connectivity index (χ1) is 6.68. The molecule has 1 N–H and O–H groups in total. The Bertz CT molecular complexity index is 475. The van der Waals surface area contributed by atoms with E-state index in [2.05, 4.69) is 12.6 Å². The molecule has 0 amide bonds. The molecule has 15 heavy (non-hydrogen) atoms. The van der Waals surface area contributed by atoms with Crippen LogP contribution in [0.3, 0.4) is 0 Å². The summed E-state index contributed by atoms with van der Waals surface area (Å²) >= 11 is 4.26. The molecule has 0 fully saturated rings. The van der Waals surface area contributed by atoms with Gasteiger partial charge < -0.3 is 0 Å². The molecule has 0 aromatic heterocycles. The fourth-order valence-electron chi connectivity index (χ4n) is 1.28. The van der Waals surface area contributed by atoms with Gasteiger partial charge in [0.05, 0.1) is 0 Å². The van der Waals surface area contributed by atoms with Crippen LogP contribution < -0.4 is 0 Å². The Hall–Kier alpha value is -0.520. The van der Waals surface area contributed by atoms with Crippen molar-refractivity contribution in [2.75, 3.05) is 0 Å². The van der Waals surface area contributed by atoms with Crippen LogP contribution in [0.4, 0.5) is 0 Å². The molecule has 0 aliphatic rings. The standard InChI is InChI=1S/C10H14O3S2/c1-7-5-4-6-8(9(7)14)10(2,3)15(11,12)13/h4-6,14H,1-3H3,(H,11,12,13). The predicted octanol–water partition coefficient (Wildman–Crippen LogP) is 2.41. The van der Waals surface area contributed by atoms with Crippen LogP contribution in [0.2, 0.25) is 0 Å². The third-order valence-corrected chi connectivity index (χ3v) is 4.63. The van der Waals surface area contributed by atoms with Gasteiger partial charge in [-0.15, -0.1) is 12.6 Å². The second-order valence-electron chi connectivity index (χ2n) is 3.96. The van der Waals surface area contributed by atoms with E-state index in [9.17, 15) is 8.42 Å². The van der Waals surface area contributed by atoms with Gasteiger partial charge in [-0.2, -0.15) is 8.42 Å². The Kier molecular flexibility index (Phi) is 3.19. The quantitative estimate of drug-likeness (QED) is 0.622. The zero-order valence-corrected chi connectivity index (χ0v) is 10.6. The molecule has 5 heteroatoms. The topological polar surface area (TPSA) is 54.4 Å². The van der Waals surface area contributed by atoms with Crippen molar-refractivity contribution in [3.8, 4) is 0 Å². The van der Waals surface area contributed by atoms with Crippen LogP contribution in [0.1, 0.15) is 25.0 Å². The van der Waals surface area contributed by atoms with Gasteiger partial charge >= 0.3 is 0 Å². The molecule has 0 heterocycles. The van der Waals surface area contributed by atoms with E-state index in [1.807, 2.05) is 13.0 Å². The molecule has 0 spiro atoms. The van der Waals surface area contributed by atoms with Crippen molar-refractivity contribution >= 4 is 22.7 Å². The van der Waals surface area contributed by atoms with E-state index in [4.69, 9.17) is 4.55 Å². The Morgan fingerprint density at radius 2 is 1.87 bits per heavy atom. The van der Waals surface area contributed by atoms with Crippen LogP contribution in [0.15, 0.2) is 23.1 Å². The SMILES string of the molecule is Cc1cccc(C(C)(C)S(=O)(=O)O)c1S. The summed E-state index contributed by atoms with van der Waals surface area (Å²) in [7, 11) is -4.14. The number of benzene rings is 1. The highest BCUT2D eigenvalue weighted by molar-refractivity contribution is 7.86. The molecular weight excluding hydrogens is 232 g/mol. The number of rotatable bonds is 2. The van der Waals surface area contributed by atoms with Crippen LogP contribution in [0.5, 0.6) is 0 Å². The minimum atomic E-state index is -4.14. The zero-order valence-electron chi connectivity index (χ0n) is 8.85. The van der Waals surface area contributed by atoms with E-state index in [1.54, 1.807) is 12.1 Å². The number of hydrogen-bond donors (Lipinski definition) is 2. The van der Waals surface area contributed by atoms with Crippen molar-refractivity contribution in [3.63, 3.8) is 0 Å². The maximum Gasteiger partial charge on any atom is 0.274 e. The molecule has 3 nitrogen and oxygen atoms in total. The maximum absolute atomic E-state index is 11.2. The molecule has 1 rings (SSSR count). The Balaban J connectivity index is 3.47. The molecule has 0 saturated heterocycles. The van der Waals surface area contributed by atoms with Crippen LogP contribution in [0.25, 0.3) is 0 Å². The highest BCUT2D eigenvalue weighted by atomic mass is 32.2. The van der Waals surface area contributed by atoms with Crippen molar-refractivity contribution < 1.29 is 13.0 Å². The number of hydrogen-bond acceptors (Lipinski definition) is 3. The van der Waals surface area contributed by atoms with Crippen LogP contribution in [-0.4, -0.2) is 13.0 Å². The van der Waals surface area contributed by atoms with E-state index in [1.165, 1.54) is 13.8 Å². The highest BCUT2D eigenvalue weighted by Crippen LogP contribution is 2.34. The van der Waals surface area contributed by atoms with Crippen molar-refractivity contribution in [1.82, 2.24) is 0 Å². The lowest BCUT2D eigenvalue weighted by molar-refractivity contribution is 0.443. The van der Waals surface area contributed by atoms with Gasteiger partial charge in [0, 0.05) is 4.90 Å². The van der Waals surface area contributed by atoms with Crippen molar-refractivity contribution in [1.29, 1.82) is 0 Å². The molecule has 0 radical (unpaired) electrons. The maximum atomic E-state index is 11.2. The van der Waals surface area contributed by atoms with Gasteiger partial charge in [0.2, 0.25) is 0 Å². The Morgan fingerprint density at radius 3 is 2.33 bits per heavy atom. The molecule has 1 aromatic carbocycles. The van der Waals surface area contributed by atoms with E-state index in [0.29, 0.717) is 10.5 Å². The van der Waals surface area contributed by atoms with Gasteiger partial charge in [-0.3, -0.25) is 4.55 Å². The molecule has 0 aliphatic heterocycles. The molecule has 84 valence electrons. The van der Waals surface area contributed by atoms with Crippen LogP contribution >= 0.6 is 12.6 Å². The third-order valence-electron chi connectivity index (χ3n) is 2.53. The van der Waals surface area contributed by atoms with Crippen molar-refractivity contribution in [2.24, 2.45) is 0 Å². The largest absolute Gasteiger partial charge is 0.285 e. The second-order valence-corrected chi connectivity index (χ2v) is 6.37. The average Bonchev–Trinajstić information content (AvgIpc) is 2.07. The summed E-state index contributed by atoms with van der Waals surface area (Å²) in [5, 5.41) is 0. The van der Waals surface area contributed by atoms with E-state index in [0.717, 1.165) is 5.56 Å². The van der Waals surface area contributed by atoms with Gasteiger partial charge in [0.15, 0.2) is 0 Å². The summed E-state index contributed by atoms with van der Waals surface area (Å²) in [6, 6.07) is 5.24. The first kappa shape index (κ1) is 12.5. The van der Waals surface area contributed by atoms with E-state index in [-0.39, 0.29) is 0 Å². The zero-order chi connectivity index (χ0) is 11.9. The smallest absolute Gasteiger partial charge is 0.274 e. The fraction of sp³-hybridized carbons (Fsp3) is 0.400. The van der Waals surface area contributed by atoms with Gasteiger partial charge in [-0.1, -0.05) is 18.2 Å². The van der Waals surface area contributed by atoms with Crippen LogP contribution in [-0.2, 0) is 14.9 Å². The van der Waals surface area contributed by atoms with Crippen molar-refractivity contribution in [2.45, 2.75) is 30.4 Å². The first-order valence-corrected chi connectivity index (χ1v) is 6.32. The fourth-order valence-corrected chi connectivity index (χ4v) is 2.24. The average molecular weight is 246 g/mol. The summed E-state index contributed by atoms with van der Waals surface area (Å²) in [5.74, 6) is 0. The Morgan fingerprint density at radius 1 is 1.33 bits per heavy atom. The van der Waals surface area contributed by atoms with E-state index >= 15 is 0 Å². The summed E-state index contributed by atoms with van der Waals surface area (Å²) in [4.78, 5) is 0.597. The van der Waals surface area contributed by atoms with Gasteiger partial charge in [0.25, 0.3) is 10.1 Å². The normalized spacial score (nSPS) is 12.9. The summed E-state index contributed by atoms with van der Waals surface area (Å²) in [5.41, 5.74) is 1.39. The molecule has 0 atom stereocenters. The van der Waals surface area contributed by atoms with Crippen LogP contribution in [0, 0.1) is 6.92 Å². The highest BCUT2D eigenvalue weighted by Gasteiger charge is 2.36. The van der Waals surface area contributed by atoms with Gasteiger partial charge in [-0.05, 0) is 31.9 Å². The molecule has 0 saturated carbocycles. The molecule has 1 aromatic rings. The second kappa shape index (κ2) is 3.81. The van der Waals surface area contributed by atoms with Gasteiger partial charge in [-0.25, -0.2) is 0 Å². The summed E-state index contributed by atoms with van der Waals surface area (Å²) in [6.07, 6.45) is 0. The molecule has 0 unspecified atom stereocenters. The minimum Gasteiger partial charge on any atom is -0.285 e. The minimum absolute atomic E-state index is 0.508. The molecular formula is C10H14O3S2. The summed E-state index contributed by atoms with van der Waals surface area (Å²) < 4.78 is 30.3. The third kappa shape index (κ3) is 2.19. The lowest BCUT2D eigenvalue weighted by Gasteiger charge is -2.23. The first-order valence-electron chi connectivity index (χ1n) is 4.44. The van der Waals surface area contributed by atoms with Gasteiger partial charge in [0.1, 0.15) is 4.75 Å². The lowest BCUT2D eigenvalue weighted by atomic mass is 10.0. The Labute approximate surface area is 95.7 Å². The monoisotopic (exact) mass is 246 g/mol. The number of aryl methyl sites for hydroxylation is 1. The molecule has 0 bridgehead atoms. The molecule has 0 aliphatic carbocycles. The number of thiol groups is 1. The predicted molar refractivity (Wildman–Crippen MR) is 63.0 cm³/mol. The van der Waals surface area contributed by atoms with Crippen molar-refractivity contribution in [3.05, 3.63) is 29.3 Å².